The third kappa shape index (κ3) is 4.75. The molecule has 0 atom stereocenters. The topological polar surface area (TPSA) is 67.2 Å². The first-order chi connectivity index (χ1) is 14.9. The summed E-state index contributed by atoms with van der Waals surface area (Å²) in [6.07, 6.45) is -3.01. The highest BCUT2D eigenvalue weighted by molar-refractivity contribution is 6.00. The van der Waals surface area contributed by atoms with Gasteiger partial charge in [-0.15, -0.1) is 0 Å². The fraction of sp³-hybridized carbons (Fsp3) is 0.0435. The smallest absolute Gasteiger partial charge is 0.418 e. The average molecular weight is 423 g/mol. The Morgan fingerprint density at radius 1 is 0.806 bits per heavy atom. The summed E-state index contributed by atoms with van der Waals surface area (Å²) in [6, 6.07) is 20.2. The molecule has 1 heterocycles. The summed E-state index contributed by atoms with van der Waals surface area (Å²) in [5.41, 5.74) is 1.47. The number of rotatable bonds is 4. The number of halogens is 3. The number of anilines is 2. The minimum atomic E-state index is -4.57. The van der Waals surface area contributed by atoms with Crippen molar-refractivity contribution in [2.45, 2.75) is 6.18 Å². The molecule has 0 bridgehead atoms. The second-order valence-corrected chi connectivity index (χ2v) is 6.60. The first kappa shape index (κ1) is 20.2. The van der Waals surface area contributed by atoms with Crippen LogP contribution in [0.4, 0.5) is 29.3 Å². The maximum Gasteiger partial charge on any atom is 0.418 e. The van der Waals surface area contributed by atoms with Gasteiger partial charge in [0.25, 0.3) is 0 Å². The molecule has 8 heteroatoms. The Balaban J connectivity index is 1.44. The highest BCUT2D eigenvalue weighted by Crippen LogP contribution is 2.34. The molecule has 156 valence electrons. The van der Waals surface area contributed by atoms with E-state index in [9.17, 15) is 18.0 Å². The molecule has 2 N–H and O–H groups in total. The van der Waals surface area contributed by atoms with Crippen molar-refractivity contribution < 1.29 is 22.4 Å². The normalized spacial score (nSPS) is 11.2. The number of urea groups is 1. The van der Waals surface area contributed by atoms with Crippen molar-refractivity contribution in [3.05, 3.63) is 90.7 Å². The summed E-state index contributed by atoms with van der Waals surface area (Å²) in [4.78, 5) is 16.6. The van der Waals surface area contributed by atoms with Gasteiger partial charge < -0.3 is 15.1 Å². The molecule has 2 amide bonds. The SMILES string of the molecule is O=C(Nc1ccc(-c2nc(-c3ccccc3)co2)cc1)Nc1ccccc1C(F)(F)F. The van der Waals surface area contributed by atoms with Crippen molar-refractivity contribution in [2.75, 3.05) is 10.6 Å². The molecule has 3 aromatic carbocycles. The van der Waals surface area contributed by atoms with Crippen molar-refractivity contribution in [2.24, 2.45) is 0 Å². The van der Waals surface area contributed by atoms with Crippen LogP contribution in [-0.4, -0.2) is 11.0 Å². The Morgan fingerprint density at radius 2 is 1.48 bits per heavy atom. The van der Waals surface area contributed by atoms with Gasteiger partial charge in [0, 0.05) is 16.8 Å². The first-order valence-electron chi connectivity index (χ1n) is 9.26. The van der Waals surface area contributed by atoms with Gasteiger partial charge in [-0.05, 0) is 36.4 Å². The predicted octanol–water partition coefficient (Wildman–Crippen LogP) is 6.67. The lowest BCUT2D eigenvalue weighted by Crippen LogP contribution is -2.21. The summed E-state index contributed by atoms with van der Waals surface area (Å²) in [5.74, 6) is 0.411. The van der Waals surface area contributed by atoms with E-state index >= 15 is 0 Å². The van der Waals surface area contributed by atoms with Gasteiger partial charge in [-0.2, -0.15) is 13.2 Å². The number of para-hydroxylation sites is 1. The van der Waals surface area contributed by atoms with Gasteiger partial charge in [-0.25, -0.2) is 9.78 Å². The highest BCUT2D eigenvalue weighted by atomic mass is 19.4. The minimum absolute atomic E-state index is 0.322. The number of benzene rings is 3. The molecule has 0 saturated carbocycles. The number of carbonyl (C=O) groups is 1. The molecule has 0 unspecified atom stereocenters. The van der Waals surface area contributed by atoms with Gasteiger partial charge in [0.05, 0.1) is 11.3 Å². The molecule has 31 heavy (non-hydrogen) atoms. The molecule has 0 aliphatic rings. The van der Waals surface area contributed by atoms with Gasteiger partial charge >= 0.3 is 12.2 Å². The Bertz CT molecular complexity index is 1190. The van der Waals surface area contributed by atoms with E-state index in [0.29, 0.717) is 22.8 Å². The molecule has 0 aliphatic carbocycles. The largest absolute Gasteiger partial charge is 0.444 e. The first-order valence-corrected chi connectivity index (χ1v) is 9.26. The van der Waals surface area contributed by atoms with Crippen molar-refractivity contribution in [1.29, 1.82) is 0 Å². The fourth-order valence-electron chi connectivity index (χ4n) is 2.97. The Morgan fingerprint density at radius 3 is 2.19 bits per heavy atom. The second-order valence-electron chi connectivity index (χ2n) is 6.60. The summed E-state index contributed by atoms with van der Waals surface area (Å²) >= 11 is 0. The zero-order valence-electron chi connectivity index (χ0n) is 16.0. The number of aromatic nitrogens is 1. The van der Waals surface area contributed by atoms with Crippen molar-refractivity contribution in [3.63, 3.8) is 0 Å². The quantitative estimate of drug-likeness (QED) is 0.385. The van der Waals surface area contributed by atoms with Crippen LogP contribution in [0.3, 0.4) is 0 Å². The summed E-state index contributed by atoms with van der Waals surface area (Å²) < 4.78 is 44.7. The number of nitrogens with one attached hydrogen (secondary N) is 2. The molecule has 0 radical (unpaired) electrons. The minimum Gasteiger partial charge on any atom is -0.444 e. The van der Waals surface area contributed by atoms with E-state index in [1.165, 1.54) is 18.2 Å². The number of nitrogens with zero attached hydrogens (tertiary/aromatic N) is 1. The van der Waals surface area contributed by atoms with Crippen LogP contribution in [-0.2, 0) is 6.18 Å². The third-order valence-corrected chi connectivity index (χ3v) is 4.44. The van der Waals surface area contributed by atoms with Crippen LogP contribution in [0.2, 0.25) is 0 Å². The Hall–Kier alpha value is -4.07. The zero-order valence-corrected chi connectivity index (χ0v) is 16.0. The van der Waals surface area contributed by atoms with Crippen LogP contribution >= 0.6 is 0 Å². The summed E-state index contributed by atoms with van der Waals surface area (Å²) in [5, 5.41) is 4.74. The van der Waals surface area contributed by atoms with Gasteiger partial charge in [-0.1, -0.05) is 42.5 Å². The van der Waals surface area contributed by atoms with E-state index in [1.807, 2.05) is 30.3 Å². The van der Waals surface area contributed by atoms with Crippen molar-refractivity contribution in [3.8, 4) is 22.7 Å². The number of alkyl halides is 3. The lowest BCUT2D eigenvalue weighted by Gasteiger charge is -2.14. The number of oxazole rings is 1. The van der Waals surface area contributed by atoms with E-state index in [2.05, 4.69) is 15.6 Å². The molecule has 1 aromatic heterocycles. The van der Waals surface area contributed by atoms with Crippen LogP contribution in [0, 0.1) is 0 Å². The molecule has 4 aromatic rings. The van der Waals surface area contributed by atoms with Crippen molar-refractivity contribution >= 4 is 17.4 Å². The summed E-state index contributed by atoms with van der Waals surface area (Å²) in [6.45, 7) is 0. The lowest BCUT2D eigenvalue weighted by molar-refractivity contribution is -0.136. The summed E-state index contributed by atoms with van der Waals surface area (Å²) in [7, 11) is 0. The maximum atomic E-state index is 13.1. The van der Waals surface area contributed by atoms with Crippen LogP contribution in [0.1, 0.15) is 5.56 Å². The molecule has 4 rings (SSSR count). The van der Waals surface area contributed by atoms with E-state index < -0.39 is 17.8 Å². The highest BCUT2D eigenvalue weighted by Gasteiger charge is 2.33. The van der Waals surface area contributed by atoms with Crippen LogP contribution in [0.25, 0.3) is 22.7 Å². The van der Waals surface area contributed by atoms with E-state index in [1.54, 1.807) is 30.5 Å². The number of amides is 2. The van der Waals surface area contributed by atoms with E-state index in [-0.39, 0.29) is 5.69 Å². The number of hydrogen-bond acceptors (Lipinski definition) is 3. The molecule has 0 saturated heterocycles. The second kappa shape index (κ2) is 8.35. The monoisotopic (exact) mass is 423 g/mol. The standard InChI is InChI=1S/C23H16F3N3O2/c24-23(25,26)18-8-4-5-9-19(18)29-22(30)27-17-12-10-16(11-13-17)21-28-20(14-31-21)15-6-2-1-3-7-15/h1-14H,(H2,27,29,30). The molecular formula is C23H16F3N3O2. The van der Waals surface area contributed by atoms with Crippen LogP contribution in [0.15, 0.2) is 89.5 Å². The van der Waals surface area contributed by atoms with Gasteiger partial charge in [-0.3, -0.25) is 0 Å². The average Bonchev–Trinajstić information content (AvgIpc) is 3.25. The predicted molar refractivity (Wildman–Crippen MR) is 111 cm³/mol. The molecule has 0 aliphatic heterocycles. The lowest BCUT2D eigenvalue weighted by atomic mass is 10.1. The van der Waals surface area contributed by atoms with E-state index in [0.717, 1.165) is 11.6 Å². The van der Waals surface area contributed by atoms with Gasteiger partial charge in [0.15, 0.2) is 0 Å². The van der Waals surface area contributed by atoms with E-state index in [4.69, 9.17) is 4.42 Å². The van der Waals surface area contributed by atoms with Crippen LogP contribution < -0.4 is 10.6 Å². The molecular weight excluding hydrogens is 407 g/mol. The van der Waals surface area contributed by atoms with Gasteiger partial charge in [0.1, 0.15) is 12.0 Å². The van der Waals surface area contributed by atoms with Crippen LogP contribution in [0.5, 0.6) is 0 Å². The molecule has 5 nitrogen and oxygen atoms in total. The Labute approximate surface area is 175 Å². The molecule has 0 fully saturated rings. The Kier molecular flexibility index (Phi) is 5.44. The number of carbonyl (C=O) groups excluding carboxylic acids is 1. The third-order valence-electron chi connectivity index (χ3n) is 4.44. The molecule has 0 spiro atoms. The zero-order chi connectivity index (χ0) is 21.8. The maximum absolute atomic E-state index is 13.1. The fourth-order valence-corrected chi connectivity index (χ4v) is 2.97. The number of hydrogen-bond donors (Lipinski definition) is 2. The van der Waals surface area contributed by atoms with Crippen molar-refractivity contribution in [1.82, 2.24) is 4.98 Å². The van der Waals surface area contributed by atoms with Gasteiger partial charge in [0.2, 0.25) is 5.89 Å².